The van der Waals surface area contributed by atoms with Gasteiger partial charge in [-0.2, -0.15) is 9.61 Å². The van der Waals surface area contributed by atoms with Crippen molar-refractivity contribution in [2.75, 3.05) is 17.7 Å². The molecule has 180 valence electrons. The third-order valence-corrected chi connectivity index (χ3v) is 6.56. The molecule has 2 saturated carbocycles. The second-order valence-electron chi connectivity index (χ2n) is 9.41. The van der Waals surface area contributed by atoms with Crippen LogP contribution in [-0.2, 0) is 0 Å². The Morgan fingerprint density at radius 2 is 2.18 bits per heavy atom. The molecule has 4 atom stereocenters. The van der Waals surface area contributed by atoms with Gasteiger partial charge in [-0.05, 0) is 44.7 Å². The number of hydrogen-bond donors (Lipinski definition) is 4. The molecular weight excluding hydrogens is 441 g/mol. The van der Waals surface area contributed by atoms with Crippen molar-refractivity contribution in [2.24, 2.45) is 0 Å². The number of nitrogens with zero attached hydrogens (tertiary/aromatic N) is 4. The summed E-state index contributed by atoms with van der Waals surface area (Å²) in [6.07, 6.45) is 5.33. The highest BCUT2D eigenvalue weighted by atomic mass is 19.1. The molecule has 5 rings (SSSR count). The van der Waals surface area contributed by atoms with E-state index in [0.717, 1.165) is 19.3 Å². The van der Waals surface area contributed by atoms with Crippen molar-refractivity contribution in [3.8, 4) is 0 Å². The van der Waals surface area contributed by atoms with Gasteiger partial charge in [0.2, 0.25) is 0 Å². The maximum atomic E-state index is 13.2. The van der Waals surface area contributed by atoms with E-state index in [2.05, 4.69) is 26.0 Å². The molecule has 3 aromatic rings. The molecule has 0 bridgehead atoms. The predicted octanol–water partition coefficient (Wildman–Crippen LogP) is 2.38. The van der Waals surface area contributed by atoms with Crippen molar-refractivity contribution in [1.82, 2.24) is 24.5 Å². The van der Waals surface area contributed by atoms with E-state index < -0.39 is 23.7 Å². The molecule has 10 nitrogen and oxygen atoms in total. The maximum Gasteiger partial charge on any atom is 0.274 e. The Labute approximate surface area is 195 Å². The van der Waals surface area contributed by atoms with Crippen LogP contribution in [0.15, 0.2) is 35.4 Å². The van der Waals surface area contributed by atoms with Crippen molar-refractivity contribution in [2.45, 2.75) is 62.9 Å². The second-order valence-corrected chi connectivity index (χ2v) is 9.41. The van der Waals surface area contributed by atoms with Gasteiger partial charge in [0.05, 0.1) is 17.8 Å². The van der Waals surface area contributed by atoms with Crippen LogP contribution in [0.25, 0.3) is 5.65 Å². The zero-order valence-electron chi connectivity index (χ0n) is 19.1. The van der Waals surface area contributed by atoms with Crippen LogP contribution in [0.2, 0.25) is 0 Å². The lowest BCUT2D eigenvalue weighted by molar-refractivity contribution is 0.00334. The van der Waals surface area contributed by atoms with Crippen LogP contribution >= 0.6 is 0 Å². The van der Waals surface area contributed by atoms with Gasteiger partial charge in [0.15, 0.2) is 5.65 Å². The van der Waals surface area contributed by atoms with Crippen LogP contribution in [-0.4, -0.2) is 55.0 Å². The molecule has 11 heteroatoms. The largest absolute Gasteiger partial charge is 0.390 e. The van der Waals surface area contributed by atoms with Crippen LogP contribution in [0.1, 0.15) is 55.4 Å². The quantitative estimate of drug-likeness (QED) is 0.437. The fourth-order valence-corrected chi connectivity index (χ4v) is 4.62. The highest BCUT2D eigenvalue weighted by Crippen LogP contribution is 2.34. The second kappa shape index (κ2) is 8.39. The summed E-state index contributed by atoms with van der Waals surface area (Å²) in [6, 6.07) is 4.57. The molecule has 2 unspecified atom stereocenters. The number of hydrogen-bond acceptors (Lipinski definition) is 7. The number of carbonyl (C=O) groups excluding carboxylic acids is 1. The molecule has 34 heavy (non-hydrogen) atoms. The summed E-state index contributed by atoms with van der Waals surface area (Å²) >= 11 is 0. The number of aliphatic hydroxyl groups is 1. The topological polar surface area (TPSA) is 126 Å². The SMILES string of the molecule is CNc1cc(Nc2cccn(C3CCCC(C)(O)C3)c2=O)nc2c(C(=O)N[C@@H]3C[C@@H]3F)cnn12. The minimum Gasteiger partial charge on any atom is -0.390 e. The number of aromatic nitrogens is 4. The van der Waals surface area contributed by atoms with E-state index in [1.807, 2.05) is 0 Å². The molecule has 0 aliphatic heterocycles. The van der Waals surface area contributed by atoms with E-state index in [-0.39, 0.29) is 22.8 Å². The van der Waals surface area contributed by atoms with Crippen molar-refractivity contribution in [3.05, 3.63) is 46.5 Å². The number of carbonyl (C=O) groups is 1. The minimum atomic E-state index is -1.02. The Kier molecular flexibility index (Phi) is 5.51. The van der Waals surface area contributed by atoms with Crippen LogP contribution in [0.3, 0.4) is 0 Å². The van der Waals surface area contributed by atoms with Crippen LogP contribution in [0.5, 0.6) is 0 Å². The van der Waals surface area contributed by atoms with Gasteiger partial charge >= 0.3 is 0 Å². The van der Waals surface area contributed by atoms with E-state index in [0.29, 0.717) is 30.2 Å². The first-order valence-electron chi connectivity index (χ1n) is 11.5. The monoisotopic (exact) mass is 469 g/mol. The average Bonchev–Trinajstić information content (AvgIpc) is 3.31. The van der Waals surface area contributed by atoms with E-state index in [9.17, 15) is 19.1 Å². The number of amides is 1. The van der Waals surface area contributed by atoms with E-state index in [1.165, 1.54) is 10.7 Å². The molecule has 0 spiro atoms. The molecule has 3 aromatic heterocycles. The van der Waals surface area contributed by atoms with Gasteiger partial charge in [-0.15, -0.1) is 0 Å². The summed E-state index contributed by atoms with van der Waals surface area (Å²) in [5.41, 5.74) is -0.180. The predicted molar refractivity (Wildman–Crippen MR) is 125 cm³/mol. The summed E-state index contributed by atoms with van der Waals surface area (Å²) in [5.74, 6) is 0.464. The lowest BCUT2D eigenvalue weighted by Crippen LogP contribution is -2.36. The molecule has 0 saturated heterocycles. The first kappa shape index (κ1) is 22.3. The first-order valence-corrected chi connectivity index (χ1v) is 11.5. The van der Waals surface area contributed by atoms with Crippen molar-refractivity contribution >= 4 is 28.9 Å². The van der Waals surface area contributed by atoms with E-state index >= 15 is 0 Å². The Morgan fingerprint density at radius 3 is 2.88 bits per heavy atom. The lowest BCUT2D eigenvalue weighted by atomic mass is 9.83. The van der Waals surface area contributed by atoms with Gasteiger partial charge in [-0.1, -0.05) is 0 Å². The Bertz CT molecular complexity index is 1300. The number of alkyl halides is 1. The summed E-state index contributed by atoms with van der Waals surface area (Å²) in [4.78, 5) is 30.4. The van der Waals surface area contributed by atoms with Gasteiger partial charge in [0.25, 0.3) is 11.5 Å². The zero-order valence-corrected chi connectivity index (χ0v) is 19.1. The molecular formula is C23H28FN7O3. The fourth-order valence-electron chi connectivity index (χ4n) is 4.62. The Hall–Kier alpha value is -3.47. The molecule has 0 aromatic carbocycles. The zero-order chi connectivity index (χ0) is 24.0. The maximum absolute atomic E-state index is 13.2. The highest BCUT2D eigenvalue weighted by Gasteiger charge is 2.39. The summed E-state index contributed by atoms with van der Waals surface area (Å²) in [5, 5.41) is 23.4. The van der Waals surface area contributed by atoms with Gasteiger partial charge in [-0.3, -0.25) is 9.59 Å². The van der Waals surface area contributed by atoms with Crippen molar-refractivity contribution in [1.29, 1.82) is 0 Å². The standard InChI is InChI=1S/C23H28FN7O3/c1-23(34)7-3-5-13(11-23)30-8-4-6-16(22(30)33)27-18-10-19(25-2)31-20(29-18)14(12-26-31)21(32)28-17-9-15(17)24/h4,6,8,10,12-13,15,17,25,34H,3,5,7,9,11H2,1-2H3,(H,27,29)(H,28,32)/t13?,15-,17+,23?/m0/s1. The molecule has 2 aliphatic rings. The van der Waals surface area contributed by atoms with Gasteiger partial charge in [0.1, 0.15) is 29.1 Å². The number of pyridine rings is 1. The lowest BCUT2D eigenvalue weighted by Gasteiger charge is -2.34. The van der Waals surface area contributed by atoms with Crippen LogP contribution < -0.4 is 21.5 Å². The third kappa shape index (κ3) is 4.23. The number of fused-ring (bicyclic) bond motifs is 1. The van der Waals surface area contributed by atoms with Crippen LogP contribution in [0, 0.1) is 0 Å². The number of nitrogens with one attached hydrogen (secondary N) is 3. The van der Waals surface area contributed by atoms with Crippen LogP contribution in [0.4, 0.5) is 21.7 Å². The summed E-state index contributed by atoms with van der Waals surface area (Å²) in [7, 11) is 1.71. The molecule has 0 radical (unpaired) electrons. The highest BCUT2D eigenvalue weighted by molar-refractivity contribution is 6.00. The number of halogens is 1. The Morgan fingerprint density at radius 1 is 1.38 bits per heavy atom. The van der Waals surface area contributed by atoms with Gasteiger partial charge in [-0.25, -0.2) is 9.37 Å². The molecule has 1 amide bonds. The van der Waals surface area contributed by atoms with E-state index in [1.54, 1.807) is 42.9 Å². The van der Waals surface area contributed by atoms with E-state index in [4.69, 9.17) is 0 Å². The van der Waals surface area contributed by atoms with Crippen molar-refractivity contribution in [3.63, 3.8) is 0 Å². The van der Waals surface area contributed by atoms with Gasteiger partial charge in [0, 0.05) is 31.8 Å². The molecule has 2 fully saturated rings. The molecule has 3 heterocycles. The van der Waals surface area contributed by atoms with Crippen molar-refractivity contribution < 1.29 is 14.3 Å². The normalized spacial score (nSPS) is 26.3. The summed E-state index contributed by atoms with van der Waals surface area (Å²) < 4.78 is 16.4. The number of rotatable bonds is 6. The molecule has 2 aliphatic carbocycles. The molecule has 4 N–H and O–H groups in total. The average molecular weight is 470 g/mol. The number of anilines is 3. The fraction of sp³-hybridized carbons (Fsp3) is 0.478. The smallest absolute Gasteiger partial charge is 0.274 e. The minimum absolute atomic E-state index is 0.0896. The third-order valence-electron chi connectivity index (χ3n) is 6.56. The Balaban J connectivity index is 1.46. The summed E-state index contributed by atoms with van der Waals surface area (Å²) in [6.45, 7) is 1.81. The first-order chi connectivity index (χ1) is 16.3. The van der Waals surface area contributed by atoms with Gasteiger partial charge < -0.3 is 25.6 Å².